The molecule has 1 amide bonds. The van der Waals surface area contributed by atoms with E-state index in [9.17, 15) is 4.79 Å². The average molecular weight is 271 g/mol. The third kappa shape index (κ3) is 5.91. The monoisotopic (exact) mass is 271 g/mol. The first-order valence-corrected chi connectivity index (χ1v) is 7.58. The molecule has 0 aliphatic rings. The van der Waals surface area contributed by atoms with Gasteiger partial charge in [0.2, 0.25) is 5.91 Å². The molecule has 0 aromatic rings. The van der Waals surface area contributed by atoms with Crippen molar-refractivity contribution in [2.24, 2.45) is 17.6 Å². The smallest absolute Gasteiger partial charge is 0.237 e. The molecular formula is C15H33N3O. The molecule has 0 rings (SSSR count). The molecule has 3 unspecified atom stereocenters. The highest BCUT2D eigenvalue weighted by Gasteiger charge is 2.24. The number of carbonyl (C=O) groups excluding carboxylic acids is 1. The van der Waals surface area contributed by atoms with Gasteiger partial charge in [-0.2, -0.15) is 0 Å². The molecule has 0 radical (unpaired) electrons. The van der Waals surface area contributed by atoms with Gasteiger partial charge in [-0.25, -0.2) is 0 Å². The molecule has 0 spiro atoms. The zero-order chi connectivity index (χ0) is 15.0. The van der Waals surface area contributed by atoms with Crippen molar-refractivity contribution in [1.29, 1.82) is 0 Å². The van der Waals surface area contributed by atoms with Crippen LogP contribution in [0.5, 0.6) is 0 Å². The van der Waals surface area contributed by atoms with Crippen molar-refractivity contribution in [2.45, 2.75) is 59.0 Å². The highest BCUT2D eigenvalue weighted by atomic mass is 16.2. The standard InChI is InChI=1S/C15H33N3O/c1-7-11(4)14(16)15(19)17-10-13(18(5)6)12(8-2)9-3/h11-14H,7-10,16H2,1-6H3,(H,17,19). The molecule has 0 fully saturated rings. The Morgan fingerprint density at radius 3 is 2.05 bits per heavy atom. The van der Waals surface area contributed by atoms with E-state index in [0.717, 1.165) is 19.3 Å². The summed E-state index contributed by atoms with van der Waals surface area (Å²) in [6.07, 6.45) is 3.19. The summed E-state index contributed by atoms with van der Waals surface area (Å²) in [5.41, 5.74) is 5.95. The van der Waals surface area contributed by atoms with E-state index in [1.807, 2.05) is 6.92 Å². The lowest BCUT2D eigenvalue weighted by Crippen LogP contribution is -2.50. The molecule has 0 bridgehead atoms. The summed E-state index contributed by atoms with van der Waals surface area (Å²) in [6.45, 7) is 9.18. The van der Waals surface area contributed by atoms with E-state index in [1.165, 1.54) is 0 Å². The Morgan fingerprint density at radius 1 is 1.16 bits per heavy atom. The minimum atomic E-state index is -0.394. The SMILES string of the molecule is CCC(C)C(N)C(=O)NCC(C(CC)CC)N(C)C. The quantitative estimate of drug-likeness (QED) is 0.673. The van der Waals surface area contributed by atoms with Crippen molar-refractivity contribution in [3.63, 3.8) is 0 Å². The number of nitrogens with one attached hydrogen (secondary N) is 1. The summed E-state index contributed by atoms with van der Waals surface area (Å²) in [5, 5.41) is 3.02. The van der Waals surface area contributed by atoms with E-state index in [-0.39, 0.29) is 11.8 Å². The molecule has 0 aliphatic carbocycles. The van der Waals surface area contributed by atoms with Crippen LogP contribution in [0.15, 0.2) is 0 Å². The van der Waals surface area contributed by atoms with Crippen molar-refractivity contribution in [1.82, 2.24) is 10.2 Å². The van der Waals surface area contributed by atoms with E-state index in [1.54, 1.807) is 0 Å². The van der Waals surface area contributed by atoms with Gasteiger partial charge in [-0.15, -0.1) is 0 Å². The molecular weight excluding hydrogens is 238 g/mol. The van der Waals surface area contributed by atoms with Crippen LogP contribution in [-0.4, -0.2) is 43.5 Å². The van der Waals surface area contributed by atoms with Crippen LogP contribution in [0.3, 0.4) is 0 Å². The maximum atomic E-state index is 12.0. The van der Waals surface area contributed by atoms with Gasteiger partial charge in [-0.05, 0) is 25.9 Å². The van der Waals surface area contributed by atoms with Crippen LogP contribution in [0.4, 0.5) is 0 Å². The summed E-state index contributed by atoms with van der Waals surface area (Å²) in [5.74, 6) is 0.813. The normalized spacial score (nSPS) is 16.5. The highest BCUT2D eigenvalue weighted by Crippen LogP contribution is 2.16. The summed E-state index contributed by atoms with van der Waals surface area (Å²) in [4.78, 5) is 14.2. The van der Waals surface area contributed by atoms with E-state index >= 15 is 0 Å². The lowest BCUT2D eigenvalue weighted by atomic mass is 9.93. The number of hydrogen-bond donors (Lipinski definition) is 2. The van der Waals surface area contributed by atoms with Crippen LogP contribution in [0, 0.1) is 11.8 Å². The van der Waals surface area contributed by atoms with Crippen LogP contribution >= 0.6 is 0 Å². The zero-order valence-corrected chi connectivity index (χ0v) is 13.6. The predicted molar refractivity (Wildman–Crippen MR) is 82.0 cm³/mol. The first-order valence-electron chi connectivity index (χ1n) is 7.58. The number of nitrogens with zero attached hydrogens (tertiary/aromatic N) is 1. The minimum absolute atomic E-state index is 0.0212. The van der Waals surface area contributed by atoms with Gasteiger partial charge in [0.05, 0.1) is 6.04 Å². The second kappa shape index (κ2) is 9.32. The summed E-state index contributed by atoms with van der Waals surface area (Å²) in [6, 6.07) is -0.0161. The first-order chi connectivity index (χ1) is 8.88. The zero-order valence-electron chi connectivity index (χ0n) is 13.6. The van der Waals surface area contributed by atoms with E-state index < -0.39 is 6.04 Å². The highest BCUT2D eigenvalue weighted by molar-refractivity contribution is 5.81. The van der Waals surface area contributed by atoms with Crippen molar-refractivity contribution in [3.05, 3.63) is 0 Å². The van der Waals surface area contributed by atoms with Crippen LogP contribution in [0.2, 0.25) is 0 Å². The number of likely N-dealkylation sites (N-methyl/N-ethyl adjacent to an activating group) is 1. The molecule has 4 heteroatoms. The molecule has 19 heavy (non-hydrogen) atoms. The third-order valence-electron chi connectivity index (χ3n) is 4.30. The van der Waals surface area contributed by atoms with E-state index in [0.29, 0.717) is 18.5 Å². The fraction of sp³-hybridized carbons (Fsp3) is 0.933. The topological polar surface area (TPSA) is 58.4 Å². The summed E-state index contributed by atoms with van der Waals surface area (Å²) < 4.78 is 0. The van der Waals surface area contributed by atoms with Gasteiger partial charge in [0.15, 0.2) is 0 Å². The lowest BCUT2D eigenvalue weighted by molar-refractivity contribution is -0.123. The third-order valence-corrected chi connectivity index (χ3v) is 4.30. The fourth-order valence-corrected chi connectivity index (χ4v) is 2.44. The van der Waals surface area contributed by atoms with Gasteiger partial charge < -0.3 is 16.0 Å². The van der Waals surface area contributed by atoms with Crippen molar-refractivity contribution >= 4 is 5.91 Å². The van der Waals surface area contributed by atoms with Crippen LogP contribution in [-0.2, 0) is 4.79 Å². The second-order valence-electron chi connectivity index (χ2n) is 5.76. The maximum Gasteiger partial charge on any atom is 0.237 e. The summed E-state index contributed by atoms with van der Waals surface area (Å²) in [7, 11) is 4.15. The Labute approximate surface area is 119 Å². The Balaban J connectivity index is 4.44. The van der Waals surface area contributed by atoms with Crippen LogP contribution in [0.25, 0.3) is 0 Å². The number of hydrogen-bond acceptors (Lipinski definition) is 3. The number of nitrogens with two attached hydrogens (primary N) is 1. The lowest BCUT2D eigenvalue weighted by Gasteiger charge is -2.32. The Kier molecular flexibility index (Phi) is 9.02. The van der Waals surface area contributed by atoms with Gasteiger partial charge >= 0.3 is 0 Å². The van der Waals surface area contributed by atoms with E-state index in [2.05, 4.69) is 45.1 Å². The van der Waals surface area contributed by atoms with E-state index in [4.69, 9.17) is 5.73 Å². The average Bonchev–Trinajstić information content (AvgIpc) is 2.40. The van der Waals surface area contributed by atoms with Gasteiger partial charge in [0.25, 0.3) is 0 Å². The Hall–Kier alpha value is -0.610. The van der Waals surface area contributed by atoms with Gasteiger partial charge in [-0.3, -0.25) is 4.79 Å². The fourth-order valence-electron chi connectivity index (χ4n) is 2.44. The molecule has 3 atom stereocenters. The molecule has 114 valence electrons. The van der Waals surface area contributed by atoms with Gasteiger partial charge in [0.1, 0.15) is 0 Å². The molecule has 4 nitrogen and oxygen atoms in total. The van der Waals surface area contributed by atoms with Crippen molar-refractivity contribution in [3.8, 4) is 0 Å². The molecule has 0 saturated heterocycles. The number of rotatable bonds is 9. The Morgan fingerprint density at radius 2 is 1.68 bits per heavy atom. The van der Waals surface area contributed by atoms with Crippen molar-refractivity contribution in [2.75, 3.05) is 20.6 Å². The van der Waals surface area contributed by atoms with Crippen LogP contribution in [0.1, 0.15) is 47.0 Å². The largest absolute Gasteiger partial charge is 0.353 e. The van der Waals surface area contributed by atoms with Crippen molar-refractivity contribution < 1.29 is 4.79 Å². The van der Waals surface area contributed by atoms with Gasteiger partial charge in [-0.1, -0.05) is 47.0 Å². The molecule has 0 heterocycles. The first kappa shape index (κ1) is 18.4. The van der Waals surface area contributed by atoms with Crippen LogP contribution < -0.4 is 11.1 Å². The molecule has 0 aromatic heterocycles. The molecule has 3 N–H and O–H groups in total. The predicted octanol–water partition coefficient (Wildman–Crippen LogP) is 1.84. The Bertz CT molecular complexity index is 252. The number of amides is 1. The number of carbonyl (C=O) groups is 1. The molecule has 0 aliphatic heterocycles. The minimum Gasteiger partial charge on any atom is -0.353 e. The second-order valence-corrected chi connectivity index (χ2v) is 5.76. The molecule has 0 aromatic carbocycles. The summed E-state index contributed by atoms with van der Waals surface area (Å²) >= 11 is 0. The maximum absolute atomic E-state index is 12.0. The molecule has 0 saturated carbocycles. The van der Waals surface area contributed by atoms with Gasteiger partial charge in [0, 0.05) is 12.6 Å².